The predicted molar refractivity (Wildman–Crippen MR) is 90.7 cm³/mol. The first-order valence-electron chi connectivity index (χ1n) is 8.13. The van der Waals surface area contributed by atoms with E-state index in [1.54, 1.807) is 0 Å². The molecular weight excluding hydrogens is 262 g/mol. The molecule has 1 nitrogen and oxygen atoms in total. The van der Waals surface area contributed by atoms with E-state index in [1.807, 2.05) is 11.8 Å². The van der Waals surface area contributed by atoms with Crippen molar-refractivity contribution in [3.05, 3.63) is 29.8 Å². The van der Waals surface area contributed by atoms with Crippen molar-refractivity contribution in [2.45, 2.75) is 63.3 Å². The fourth-order valence-electron chi connectivity index (χ4n) is 2.98. The second-order valence-electron chi connectivity index (χ2n) is 6.39. The molecule has 0 bridgehead atoms. The first-order valence-corrected chi connectivity index (χ1v) is 9.11. The van der Waals surface area contributed by atoms with Crippen LogP contribution in [0.5, 0.6) is 0 Å². The lowest BCUT2D eigenvalue weighted by Gasteiger charge is -2.29. The van der Waals surface area contributed by atoms with E-state index >= 15 is 0 Å². The van der Waals surface area contributed by atoms with Crippen LogP contribution in [0.25, 0.3) is 0 Å². The number of benzene rings is 1. The molecule has 20 heavy (non-hydrogen) atoms. The summed E-state index contributed by atoms with van der Waals surface area (Å²) in [5.74, 6) is 2.66. The summed E-state index contributed by atoms with van der Waals surface area (Å²) >= 11 is 1.97. The second-order valence-corrected chi connectivity index (χ2v) is 7.56. The number of hydrogen-bond acceptors (Lipinski definition) is 2. The van der Waals surface area contributed by atoms with E-state index in [2.05, 4.69) is 50.4 Å². The van der Waals surface area contributed by atoms with E-state index in [0.717, 1.165) is 18.5 Å². The monoisotopic (exact) mass is 291 g/mol. The standard InChI is InChI=1S/C18H29NS/c1-14(2)16-8-10-17(11-9-16)20-13-12-19-18-7-5-4-6-15(18)3/h8-11,14-15,18-19H,4-7,12-13H2,1-3H3. The van der Waals surface area contributed by atoms with Crippen LogP contribution in [0.1, 0.15) is 57.9 Å². The smallest absolute Gasteiger partial charge is 0.0106 e. The molecule has 1 aliphatic carbocycles. The molecule has 0 radical (unpaired) electrons. The minimum atomic E-state index is 0.628. The molecule has 0 heterocycles. The van der Waals surface area contributed by atoms with Gasteiger partial charge in [0.2, 0.25) is 0 Å². The Bertz CT molecular complexity index is 385. The molecular formula is C18H29NS. The van der Waals surface area contributed by atoms with Gasteiger partial charge in [-0.3, -0.25) is 0 Å². The van der Waals surface area contributed by atoms with Crippen molar-refractivity contribution >= 4 is 11.8 Å². The molecule has 112 valence electrons. The summed E-state index contributed by atoms with van der Waals surface area (Å²) in [5.41, 5.74) is 1.43. The summed E-state index contributed by atoms with van der Waals surface area (Å²) in [6, 6.07) is 9.83. The lowest BCUT2D eigenvalue weighted by molar-refractivity contribution is 0.285. The molecule has 2 atom stereocenters. The summed E-state index contributed by atoms with van der Waals surface area (Å²) in [4.78, 5) is 1.40. The molecule has 2 rings (SSSR count). The quantitative estimate of drug-likeness (QED) is 0.580. The van der Waals surface area contributed by atoms with Gasteiger partial charge in [0.15, 0.2) is 0 Å². The zero-order chi connectivity index (χ0) is 14.4. The summed E-state index contributed by atoms with van der Waals surface area (Å²) in [6.07, 6.45) is 5.61. The van der Waals surface area contributed by atoms with Crippen LogP contribution >= 0.6 is 11.8 Å². The van der Waals surface area contributed by atoms with Gasteiger partial charge in [0.25, 0.3) is 0 Å². The predicted octanol–water partition coefficient (Wildman–Crippen LogP) is 5.07. The van der Waals surface area contributed by atoms with Gasteiger partial charge in [-0.05, 0) is 42.4 Å². The van der Waals surface area contributed by atoms with Gasteiger partial charge in [-0.1, -0.05) is 45.7 Å². The van der Waals surface area contributed by atoms with Crippen LogP contribution in [0.4, 0.5) is 0 Å². The topological polar surface area (TPSA) is 12.0 Å². The summed E-state index contributed by atoms with van der Waals surface area (Å²) in [6.45, 7) is 8.02. The summed E-state index contributed by atoms with van der Waals surface area (Å²) in [5, 5.41) is 3.75. The van der Waals surface area contributed by atoms with Crippen LogP contribution in [0, 0.1) is 5.92 Å². The van der Waals surface area contributed by atoms with Crippen molar-refractivity contribution < 1.29 is 0 Å². The third kappa shape index (κ3) is 4.82. The minimum absolute atomic E-state index is 0.628. The normalized spacial score (nSPS) is 23.2. The minimum Gasteiger partial charge on any atom is -0.313 e. The number of hydrogen-bond donors (Lipinski definition) is 1. The highest BCUT2D eigenvalue weighted by atomic mass is 32.2. The Hall–Kier alpha value is -0.470. The highest BCUT2D eigenvalue weighted by molar-refractivity contribution is 7.99. The van der Waals surface area contributed by atoms with Crippen LogP contribution in [-0.4, -0.2) is 18.3 Å². The first-order chi connectivity index (χ1) is 9.66. The van der Waals surface area contributed by atoms with Crippen LogP contribution in [0.15, 0.2) is 29.2 Å². The summed E-state index contributed by atoms with van der Waals surface area (Å²) in [7, 11) is 0. The maximum atomic E-state index is 3.75. The lowest BCUT2D eigenvalue weighted by Crippen LogP contribution is -2.38. The Kier molecular flexibility index (Phi) is 6.44. The average Bonchev–Trinajstić information content (AvgIpc) is 2.46. The molecule has 1 fully saturated rings. The zero-order valence-corrected chi connectivity index (χ0v) is 14.0. The Morgan fingerprint density at radius 3 is 2.50 bits per heavy atom. The van der Waals surface area contributed by atoms with Gasteiger partial charge in [0, 0.05) is 23.2 Å². The maximum Gasteiger partial charge on any atom is 0.0106 e. The SMILES string of the molecule is CC(C)c1ccc(SCCNC2CCCCC2C)cc1. The third-order valence-electron chi connectivity index (χ3n) is 4.44. The van der Waals surface area contributed by atoms with Gasteiger partial charge in [-0.2, -0.15) is 0 Å². The largest absolute Gasteiger partial charge is 0.313 e. The lowest BCUT2D eigenvalue weighted by atomic mass is 9.86. The Morgan fingerprint density at radius 1 is 1.15 bits per heavy atom. The van der Waals surface area contributed by atoms with Gasteiger partial charge >= 0.3 is 0 Å². The molecule has 2 unspecified atom stereocenters. The van der Waals surface area contributed by atoms with E-state index in [9.17, 15) is 0 Å². The molecule has 0 aromatic heterocycles. The summed E-state index contributed by atoms with van der Waals surface area (Å²) < 4.78 is 0. The highest BCUT2D eigenvalue weighted by Gasteiger charge is 2.19. The van der Waals surface area contributed by atoms with Gasteiger partial charge in [-0.25, -0.2) is 0 Å². The highest BCUT2D eigenvalue weighted by Crippen LogP contribution is 2.24. The first kappa shape index (κ1) is 15.9. The van der Waals surface area contributed by atoms with Crippen molar-refractivity contribution in [3.8, 4) is 0 Å². The molecule has 1 N–H and O–H groups in total. The molecule has 1 saturated carbocycles. The Labute approximate surface area is 128 Å². The number of nitrogens with one attached hydrogen (secondary N) is 1. The van der Waals surface area contributed by atoms with Gasteiger partial charge in [0.1, 0.15) is 0 Å². The Morgan fingerprint density at radius 2 is 1.85 bits per heavy atom. The van der Waals surface area contributed by atoms with Crippen LogP contribution in [0.2, 0.25) is 0 Å². The second kappa shape index (κ2) is 8.09. The van der Waals surface area contributed by atoms with E-state index in [1.165, 1.54) is 41.9 Å². The number of thioether (sulfide) groups is 1. The third-order valence-corrected chi connectivity index (χ3v) is 5.45. The van der Waals surface area contributed by atoms with E-state index in [-0.39, 0.29) is 0 Å². The van der Waals surface area contributed by atoms with Crippen LogP contribution < -0.4 is 5.32 Å². The van der Waals surface area contributed by atoms with E-state index in [0.29, 0.717) is 5.92 Å². The van der Waals surface area contributed by atoms with Crippen molar-refractivity contribution in [2.75, 3.05) is 12.3 Å². The molecule has 2 heteroatoms. The van der Waals surface area contributed by atoms with Gasteiger partial charge in [0.05, 0.1) is 0 Å². The zero-order valence-electron chi connectivity index (χ0n) is 13.2. The van der Waals surface area contributed by atoms with Gasteiger partial charge < -0.3 is 5.32 Å². The van der Waals surface area contributed by atoms with Crippen LogP contribution in [-0.2, 0) is 0 Å². The molecule has 1 aliphatic rings. The number of rotatable bonds is 6. The van der Waals surface area contributed by atoms with Crippen molar-refractivity contribution in [2.24, 2.45) is 5.92 Å². The van der Waals surface area contributed by atoms with E-state index < -0.39 is 0 Å². The molecule has 1 aromatic carbocycles. The maximum absolute atomic E-state index is 3.75. The molecule has 1 aromatic rings. The van der Waals surface area contributed by atoms with E-state index in [4.69, 9.17) is 0 Å². The van der Waals surface area contributed by atoms with Crippen molar-refractivity contribution in [1.29, 1.82) is 0 Å². The Balaban J connectivity index is 1.67. The fraction of sp³-hybridized carbons (Fsp3) is 0.667. The molecule has 0 saturated heterocycles. The molecule has 0 aliphatic heterocycles. The molecule has 0 amide bonds. The van der Waals surface area contributed by atoms with Gasteiger partial charge in [-0.15, -0.1) is 11.8 Å². The van der Waals surface area contributed by atoms with Crippen molar-refractivity contribution in [3.63, 3.8) is 0 Å². The fourth-order valence-corrected chi connectivity index (χ4v) is 3.77. The molecule has 0 spiro atoms. The average molecular weight is 292 g/mol. The van der Waals surface area contributed by atoms with Crippen molar-refractivity contribution in [1.82, 2.24) is 5.32 Å². The van der Waals surface area contributed by atoms with Crippen LogP contribution in [0.3, 0.4) is 0 Å².